The van der Waals surface area contributed by atoms with Gasteiger partial charge in [-0.3, -0.25) is 4.79 Å². The molecule has 0 bridgehead atoms. The molecule has 0 saturated carbocycles. The van der Waals surface area contributed by atoms with Gasteiger partial charge in [0.15, 0.2) is 0 Å². The Morgan fingerprint density at radius 1 is 1.43 bits per heavy atom. The Bertz CT molecular complexity index is 656. The SMILES string of the molecule is CC/C=C(\C)C(=O)NCCc1c[nH]c2ccc(OC)cc12. The van der Waals surface area contributed by atoms with Crippen LogP contribution < -0.4 is 10.1 Å². The molecule has 0 aliphatic heterocycles. The number of hydrogen-bond donors (Lipinski definition) is 2. The van der Waals surface area contributed by atoms with Crippen LogP contribution in [0.1, 0.15) is 25.8 Å². The van der Waals surface area contributed by atoms with Crippen LogP contribution in [-0.2, 0) is 11.2 Å². The fourth-order valence-electron chi connectivity index (χ4n) is 2.34. The van der Waals surface area contributed by atoms with E-state index in [0.717, 1.165) is 35.1 Å². The van der Waals surface area contributed by atoms with Gasteiger partial charge < -0.3 is 15.0 Å². The minimum Gasteiger partial charge on any atom is -0.497 e. The average Bonchev–Trinajstić information content (AvgIpc) is 2.89. The number of fused-ring (bicyclic) bond motifs is 1. The van der Waals surface area contributed by atoms with Crippen LogP contribution in [0, 0.1) is 0 Å². The van der Waals surface area contributed by atoms with Crippen LogP contribution >= 0.6 is 0 Å². The molecule has 112 valence electrons. The Balaban J connectivity index is 2.01. The molecular weight excluding hydrogens is 264 g/mol. The molecule has 1 aromatic heterocycles. The number of amides is 1. The van der Waals surface area contributed by atoms with Crippen LogP contribution in [0.2, 0.25) is 0 Å². The van der Waals surface area contributed by atoms with Crippen molar-refractivity contribution in [1.29, 1.82) is 0 Å². The second-order valence-electron chi connectivity index (χ2n) is 5.03. The minimum atomic E-state index is 0.00859. The third kappa shape index (κ3) is 3.66. The summed E-state index contributed by atoms with van der Waals surface area (Å²) in [5.74, 6) is 0.850. The van der Waals surface area contributed by atoms with Crippen molar-refractivity contribution in [3.05, 3.63) is 41.6 Å². The topological polar surface area (TPSA) is 54.1 Å². The lowest BCUT2D eigenvalue weighted by molar-refractivity contribution is -0.117. The molecule has 0 aliphatic carbocycles. The van der Waals surface area contributed by atoms with Crippen LogP contribution in [0.25, 0.3) is 10.9 Å². The molecule has 0 saturated heterocycles. The van der Waals surface area contributed by atoms with E-state index in [9.17, 15) is 4.79 Å². The van der Waals surface area contributed by atoms with Gasteiger partial charge >= 0.3 is 0 Å². The predicted octanol–water partition coefficient (Wildman–Crippen LogP) is 3.19. The van der Waals surface area contributed by atoms with E-state index in [1.807, 2.05) is 44.3 Å². The third-order valence-electron chi connectivity index (χ3n) is 3.52. The van der Waals surface area contributed by atoms with E-state index < -0.39 is 0 Å². The van der Waals surface area contributed by atoms with Crippen molar-refractivity contribution >= 4 is 16.8 Å². The van der Waals surface area contributed by atoms with E-state index >= 15 is 0 Å². The van der Waals surface area contributed by atoms with Crippen molar-refractivity contribution in [3.8, 4) is 5.75 Å². The monoisotopic (exact) mass is 286 g/mol. The molecule has 0 spiro atoms. The molecule has 2 aromatic rings. The second-order valence-corrected chi connectivity index (χ2v) is 5.03. The fourth-order valence-corrected chi connectivity index (χ4v) is 2.34. The number of H-pyrrole nitrogens is 1. The van der Waals surface area contributed by atoms with Gasteiger partial charge in [0.2, 0.25) is 5.91 Å². The zero-order valence-corrected chi connectivity index (χ0v) is 12.8. The average molecular weight is 286 g/mol. The zero-order valence-electron chi connectivity index (χ0n) is 12.8. The summed E-state index contributed by atoms with van der Waals surface area (Å²) in [6.07, 6.45) is 5.59. The first-order valence-electron chi connectivity index (χ1n) is 7.24. The number of aromatic nitrogens is 1. The number of allylic oxidation sites excluding steroid dienone is 1. The van der Waals surface area contributed by atoms with Crippen LogP contribution in [-0.4, -0.2) is 24.5 Å². The number of benzene rings is 1. The van der Waals surface area contributed by atoms with Crippen LogP contribution in [0.3, 0.4) is 0 Å². The van der Waals surface area contributed by atoms with Crippen molar-refractivity contribution < 1.29 is 9.53 Å². The zero-order chi connectivity index (χ0) is 15.2. The quantitative estimate of drug-likeness (QED) is 0.801. The number of hydrogen-bond acceptors (Lipinski definition) is 2. The Morgan fingerprint density at radius 3 is 2.95 bits per heavy atom. The highest BCUT2D eigenvalue weighted by Crippen LogP contribution is 2.23. The fraction of sp³-hybridized carbons (Fsp3) is 0.353. The van der Waals surface area contributed by atoms with Gasteiger partial charge in [-0.1, -0.05) is 13.0 Å². The molecule has 4 heteroatoms. The number of nitrogens with one attached hydrogen (secondary N) is 2. The lowest BCUT2D eigenvalue weighted by Gasteiger charge is -2.05. The summed E-state index contributed by atoms with van der Waals surface area (Å²) in [5, 5.41) is 4.09. The van der Waals surface area contributed by atoms with Crippen molar-refractivity contribution in [2.75, 3.05) is 13.7 Å². The summed E-state index contributed by atoms with van der Waals surface area (Å²) in [6, 6.07) is 5.96. The van der Waals surface area contributed by atoms with Crippen molar-refractivity contribution in [3.63, 3.8) is 0 Å². The smallest absolute Gasteiger partial charge is 0.246 e. The Labute approximate surface area is 125 Å². The lowest BCUT2D eigenvalue weighted by atomic mass is 10.1. The third-order valence-corrected chi connectivity index (χ3v) is 3.52. The van der Waals surface area contributed by atoms with Gasteiger partial charge in [-0.15, -0.1) is 0 Å². The lowest BCUT2D eigenvalue weighted by Crippen LogP contribution is -2.26. The number of ether oxygens (including phenoxy) is 1. The maximum absolute atomic E-state index is 11.8. The normalized spacial score (nSPS) is 11.7. The van der Waals surface area contributed by atoms with E-state index in [-0.39, 0.29) is 5.91 Å². The van der Waals surface area contributed by atoms with Crippen LogP contribution in [0.5, 0.6) is 5.75 Å². The highest BCUT2D eigenvalue weighted by Gasteiger charge is 2.07. The standard InChI is InChI=1S/C17H22N2O2/c1-4-5-12(2)17(20)18-9-8-13-11-19-16-7-6-14(21-3)10-15(13)16/h5-7,10-11,19H,4,8-9H2,1-3H3,(H,18,20)/b12-5+. The maximum atomic E-state index is 11.8. The molecule has 0 aliphatic rings. The molecule has 0 radical (unpaired) electrons. The van der Waals surface area contributed by atoms with Crippen LogP contribution in [0.15, 0.2) is 36.0 Å². The largest absolute Gasteiger partial charge is 0.497 e. The first-order chi connectivity index (χ1) is 10.2. The minimum absolute atomic E-state index is 0.00859. The summed E-state index contributed by atoms with van der Waals surface area (Å²) >= 11 is 0. The predicted molar refractivity (Wildman–Crippen MR) is 85.6 cm³/mol. The number of methoxy groups -OCH3 is 1. The molecule has 2 N–H and O–H groups in total. The Kier molecular flexibility index (Phi) is 5.04. The molecule has 0 atom stereocenters. The number of carbonyl (C=O) groups excluding carboxylic acids is 1. The highest BCUT2D eigenvalue weighted by atomic mass is 16.5. The van der Waals surface area contributed by atoms with Crippen molar-refractivity contribution in [2.45, 2.75) is 26.7 Å². The van der Waals surface area contributed by atoms with Gasteiger partial charge in [0.25, 0.3) is 0 Å². The molecule has 1 heterocycles. The summed E-state index contributed by atoms with van der Waals surface area (Å²) in [4.78, 5) is 15.1. The molecule has 1 amide bonds. The van der Waals surface area contributed by atoms with Gasteiger partial charge in [-0.05, 0) is 43.5 Å². The Hall–Kier alpha value is -2.23. The summed E-state index contributed by atoms with van der Waals surface area (Å²) < 4.78 is 5.26. The molecule has 0 unspecified atom stereocenters. The van der Waals surface area contributed by atoms with Crippen molar-refractivity contribution in [1.82, 2.24) is 10.3 Å². The van der Waals surface area contributed by atoms with Crippen molar-refractivity contribution in [2.24, 2.45) is 0 Å². The number of rotatable bonds is 6. The Morgan fingerprint density at radius 2 is 2.24 bits per heavy atom. The highest BCUT2D eigenvalue weighted by molar-refractivity contribution is 5.92. The van der Waals surface area contributed by atoms with E-state index in [1.165, 1.54) is 5.56 Å². The first-order valence-corrected chi connectivity index (χ1v) is 7.24. The van der Waals surface area contributed by atoms with Gasteiger partial charge in [-0.2, -0.15) is 0 Å². The molecule has 4 nitrogen and oxygen atoms in total. The van der Waals surface area contributed by atoms with Gasteiger partial charge in [0, 0.05) is 29.2 Å². The van der Waals surface area contributed by atoms with Gasteiger partial charge in [0.1, 0.15) is 5.75 Å². The summed E-state index contributed by atoms with van der Waals surface area (Å²) in [6.45, 7) is 4.49. The molecule has 0 fully saturated rings. The molecule has 1 aromatic carbocycles. The first kappa shape index (κ1) is 15.2. The molecule has 21 heavy (non-hydrogen) atoms. The summed E-state index contributed by atoms with van der Waals surface area (Å²) in [7, 11) is 1.66. The number of aromatic amines is 1. The summed E-state index contributed by atoms with van der Waals surface area (Å²) in [5.41, 5.74) is 3.04. The van der Waals surface area contributed by atoms with E-state index in [4.69, 9.17) is 4.74 Å². The van der Waals surface area contributed by atoms with Gasteiger partial charge in [-0.25, -0.2) is 0 Å². The molecular formula is C17H22N2O2. The number of carbonyl (C=O) groups is 1. The van der Waals surface area contributed by atoms with E-state index in [2.05, 4.69) is 10.3 Å². The maximum Gasteiger partial charge on any atom is 0.246 e. The molecule has 2 rings (SSSR count). The van der Waals surface area contributed by atoms with E-state index in [0.29, 0.717) is 6.54 Å². The van der Waals surface area contributed by atoms with E-state index in [1.54, 1.807) is 7.11 Å². The van der Waals surface area contributed by atoms with Gasteiger partial charge in [0.05, 0.1) is 7.11 Å². The second kappa shape index (κ2) is 6.97. The van der Waals surface area contributed by atoms with Crippen LogP contribution in [0.4, 0.5) is 0 Å².